The van der Waals surface area contributed by atoms with Gasteiger partial charge in [-0.3, -0.25) is 9.69 Å². The molecule has 1 saturated heterocycles. The van der Waals surface area contributed by atoms with Crippen molar-refractivity contribution in [3.8, 4) is 0 Å². The summed E-state index contributed by atoms with van der Waals surface area (Å²) in [6.07, 6.45) is 0.480. The summed E-state index contributed by atoms with van der Waals surface area (Å²) in [5.74, 6) is -0.878. The van der Waals surface area contributed by atoms with Crippen molar-refractivity contribution in [3.05, 3.63) is 0 Å². The number of aliphatic hydroxyl groups excluding tert-OH is 1. The van der Waals surface area contributed by atoms with E-state index in [1.165, 1.54) is 0 Å². The van der Waals surface area contributed by atoms with E-state index in [2.05, 4.69) is 0 Å². The Kier molecular flexibility index (Phi) is 4.91. The van der Waals surface area contributed by atoms with Crippen LogP contribution >= 0.6 is 0 Å². The predicted molar refractivity (Wildman–Crippen MR) is 62.5 cm³/mol. The summed E-state index contributed by atoms with van der Waals surface area (Å²) in [5, 5.41) is 17.8. The first kappa shape index (κ1) is 14.4. The maximum Gasteiger partial charge on any atom is 0.317 e. The van der Waals surface area contributed by atoms with Crippen LogP contribution in [0.2, 0.25) is 0 Å². The van der Waals surface area contributed by atoms with Crippen LogP contribution in [0, 0.1) is 5.92 Å². The number of nitrogens with zero attached hydrogens (tertiary/aromatic N) is 1. The van der Waals surface area contributed by atoms with E-state index in [9.17, 15) is 13.2 Å². The van der Waals surface area contributed by atoms with Crippen molar-refractivity contribution in [2.45, 2.75) is 19.4 Å². The Morgan fingerprint density at radius 3 is 2.59 bits per heavy atom. The van der Waals surface area contributed by atoms with E-state index >= 15 is 0 Å². The van der Waals surface area contributed by atoms with Gasteiger partial charge in [-0.15, -0.1) is 0 Å². The lowest BCUT2D eigenvalue weighted by Crippen LogP contribution is -2.42. The lowest BCUT2D eigenvalue weighted by atomic mass is 10.1. The molecule has 0 aliphatic carbocycles. The molecular formula is C10H19NO5S. The molecule has 0 radical (unpaired) electrons. The largest absolute Gasteiger partial charge is 0.480 e. The second kappa shape index (κ2) is 5.79. The normalized spacial score (nSPS) is 25.0. The molecule has 0 aromatic heterocycles. The minimum Gasteiger partial charge on any atom is -0.480 e. The van der Waals surface area contributed by atoms with E-state index in [-0.39, 0.29) is 36.6 Å². The van der Waals surface area contributed by atoms with Gasteiger partial charge >= 0.3 is 5.97 Å². The number of hydrogen-bond acceptors (Lipinski definition) is 5. The van der Waals surface area contributed by atoms with Crippen molar-refractivity contribution >= 4 is 15.8 Å². The van der Waals surface area contributed by atoms with Crippen molar-refractivity contribution in [1.29, 1.82) is 0 Å². The minimum atomic E-state index is -3.02. The van der Waals surface area contributed by atoms with Gasteiger partial charge in [0.15, 0.2) is 9.84 Å². The summed E-state index contributed by atoms with van der Waals surface area (Å²) in [7, 11) is -3.02. The summed E-state index contributed by atoms with van der Waals surface area (Å²) in [6.45, 7) is 2.00. The SMILES string of the molecule is CC(CO)CN(CC(=O)O)C1CCS(=O)(=O)C1. The number of rotatable bonds is 6. The third-order valence-electron chi connectivity index (χ3n) is 2.92. The quantitative estimate of drug-likeness (QED) is 0.652. The van der Waals surface area contributed by atoms with E-state index in [0.29, 0.717) is 13.0 Å². The summed E-state index contributed by atoms with van der Waals surface area (Å²) >= 11 is 0. The van der Waals surface area contributed by atoms with Crippen LogP contribution in [0.25, 0.3) is 0 Å². The van der Waals surface area contributed by atoms with Crippen molar-refractivity contribution in [1.82, 2.24) is 4.90 Å². The molecule has 2 atom stereocenters. The highest BCUT2D eigenvalue weighted by Crippen LogP contribution is 2.18. The number of carboxylic acids is 1. The van der Waals surface area contributed by atoms with Gasteiger partial charge in [-0.05, 0) is 12.3 Å². The average Bonchev–Trinajstić information content (AvgIpc) is 2.57. The molecule has 6 nitrogen and oxygen atoms in total. The molecule has 0 aromatic rings. The van der Waals surface area contributed by atoms with Crippen LogP contribution in [-0.4, -0.2) is 66.7 Å². The predicted octanol–water partition coefficient (Wildman–Crippen LogP) is -0.811. The Morgan fingerprint density at radius 1 is 1.53 bits per heavy atom. The van der Waals surface area contributed by atoms with Gasteiger partial charge in [0.05, 0.1) is 18.1 Å². The van der Waals surface area contributed by atoms with Crippen LogP contribution in [0.1, 0.15) is 13.3 Å². The van der Waals surface area contributed by atoms with Gasteiger partial charge < -0.3 is 10.2 Å². The monoisotopic (exact) mass is 265 g/mol. The summed E-state index contributed by atoms with van der Waals surface area (Å²) in [4.78, 5) is 12.4. The molecule has 0 amide bonds. The first-order valence-electron chi connectivity index (χ1n) is 5.61. The number of aliphatic hydroxyl groups is 1. The molecular weight excluding hydrogens is 246 g/mol. The Hall–Kier alpha value is -0.660. The highest BCUT2D eigenvalue weighted by atomic mass is 32.2. The lowest BCUT2D eigenvalue weighted by Gasteiger charge is -2.28. The molecule has 1 aliphatic rings. The Bertz CT molecular complexity index is 367. The molecule has 100 valence electrons. The number of carboxylic acid groups (broad SMARTS) is 1. The van der Waals surface area contributed by atoms with Crippen LogP contribution in [0.4, 0.5) is 0 Å². The van der Waals surface area contributed by atoms with E-state index < -0.39 is 15.8 Å². The van der Waals surface area contributed by atoms with E-state index in [0.717, 1.165) is 0 Å². The van der Waals surface area contributed by atoms with Crippen molar-refractivity contribution < 1.29 is 23.4 Å². The molecule has 0 bridgehead atoms. The molecule has 17 heavy (non-hydrogen) atoms. The second-order valence-corrected chi connectivity index (χ2v) is 6.90. The zero-order valence-electron chi connectivity index (χ0n) is 9.87. The summed E-state index contributed by atoms with van der Waals surface area (Å²) in [6, 6.07) is -0.231. The molecule has 2 N–H and O–H groups in total. The van der Waals surface area contributed by atoms with Crippen LogP contribution < -0.4 is 0 Å². The molecule has 1 rings (SSSR count). The third kappa shape index (κ3) is 4.61. The fraction of sp³-hybridized carbons (Fsp3) is 0.900. The zero-order valence-corrected chi connectivity index (χ0v) is 10.7. The van der Waals surface area contributed by atoms with Crippen LogP contribution in [0.3, 0.4) is 0 Å². The molecule has 1 aliphatic heterocycles. The highest BCUT2D eigenvalue weighted by molar-refractivity contribution is 7.91. The van der Waals surface area contributed by atoms with Crippen LogP contribution in [-0.2, 0) is 14.6 Å². The fourth-order valence-electron chi connectivity index (χ4n) is 2.04. The van der Waals surface area contributed by atoms with Crippen molar-refractivity contribution in [2.24, 2.45) is 5.92 Å². The molecule has 0 aromatic carbocycles. The highest BCUT2D eigenvalue weighted by Gasteiger charge is 2.33. The Labute approximate surface area is 101 Å². The molecule has 1 fully saturated rings. The topological polar surface area (TPSA) is 94.9 Å². The average molecular weight is 265 g/mol. The number of hydrogen-bond donors (Lipinski definition) is 2. The van der Waals surface area contributed by atoms with Crippen LogP contribution in [0.5, 0.6) is 0 Å². The van der Waals surface area contributed by atoms with E-state index in [1.807, 2.05) is 0 Å². The molecule has 2 unspecified atom stereocenters. The first-order chi connectivity index (χ1) is 7.84. The molecule has 7 heteroatoms. The van der Waals surface area contributed by atoms with Crippen molar-refractivity contribution in [3.63, 3.8) is 0 Å². The van der Waals surface area contributed by atoms with Crippen LogP contribution in [0.15, 0.2) is 0 Å². The minimum absolute atomic E-state index is 0.0262. The fourth-order valence-corrected chi connectivity index (χ4v) is 3.80. The maximum absolute atomic E-state index is 11.4. The van der Waals surface area contributed by atoms with Gasteiger partial charge in [-0.25, -0.2) is 8.42 Å². The molecule has 0 saturated carbocycles. The standard InChI is InChI=1S/C10H19NO5S/c1-8(6-12)4-11(5-10(13)14)9-2-3-17(15,16)7-9/h8-9,12H,2-7H2,1H3,(H,13,14). The number of carbonyl (C=O) groups is 1. The van der Waals surface area contributed by atoms with Gasteiger partial charge in [0.25, 0.3) is 0 Å². The Morgan fingerprint density at radius 2 is 2.18 bits per heavy atom. The third-order valence-corrected chi connectivity index (χ3v) is 4.67. The van der Waals surface area contributed by atoms with Gasteiger partial charge in [0.2, 0.25) is 0 Å². The smallest absolute Gasteiger partial charge is 0.317 e. The second-order valence-electron chi connectivity index (χ2n) is 4.67. The van der Waals surface area contributed by atoms with Crippen molar-refractivity contribution in [2.75, 3.05) is 31.2 Å². The zero-order chi connectivity index (χ0) is 13.1. The van der Waals surface area contributed by atoms with Gasteiger partial charge in [-0.1, -0.05) is 6.92 Å². The lowest BCUT2D eigenvalue weighted by molar-refractivity contribution is -0.139. The van der Waals surface area contributed by atoms with E-state index in [4.69, 9.17) is 10.2 Å². The van der Waals surface area contributed by atoms with E-state index in [1.54, 1.807) is 11.8 Å². The number of aliphatic carboxylic acids is 1. The van der Waals surface area contributed by atoms with Gasteiger partial charge in [0, 0.05) is 19.2 Å². The summed E-state index contributed by atoms with van der Waals surface area (Å²) in [5.41, 5.74) is 0. The molecule has 1 heterocycles. The Balaban J connectivity index is 2.66. The van der Waals surface area contributed by atoms with Gasteiger partial charge in [0.1, 0.15) is 0 Å². The van der Waals surface area contributed by atoms with Gasteiger partial charge in [-0.2, -0.15) is 0 Å². The maximum atomic E-state index is 11.4. The summed E-state index contributed by atoms with van der Waals surface area (Å²) < 4.78 is 22.7. The first-order valence-corrected chi connectivity index (χ1v) is 7.43. The molecule has 0 spiro atoms. The number of sulfone groups is 1.